The summed E-state index contributed by atoms with van der Waals surface area (Å²) in [5.41, 5.74) is -1.00. The second-order valence-electron chi connectivity index (χ2n) is 2.07. The molecule has 0 bridgehead atoms. The van der Waals surface area contributed by atoms with Gasteiger partial charge in [0, 0.05) is 5.47 Å². The molecule has 0 aliphatic heterocycles. The molecule has 0 unspecified atom stereocenters. The number of hydrogen-bond acceptors (Lipinski definition) is 0. The molecule has 0 aliphatic rings. The molecule has 3 heteroatoms. The van der Waals surface area contributed by atoms with Crippen molar-refractivity contribution in [1.82, 2.24) is 0 Å². The first-order chi connectivity index (χ1) is 2.00. The summed E-state index contributed by atoms with van der Waals surface area (Å²) in [7, 11) is 3.04. The van der Waals surface area contributed by atoms with Crippen LogP contribution >= 0.6 is 0 Å². The van der Waals surface area contributed by atoms with Crippen molar-refractivity contribution in [1.29, 1.82) is 0 Å². The monoisotopic (exact) mass is 72.1 g/mol. The Hall–Kier alpha value is 0.0599. The summed E-state index contributed by atoms with van der Waals surface area (Å²) < 4.78 is 11.7. The summed E-state index contributed by atoms with van der Waals surface area (Å²) in [6, 6.07) is 0. The minimum Gasteiger partial charge on any atom is -0.264 e. The zero-order chi connectivity index (χ0) is 4.50. The van der Waals surface area contributed by atoms with Gasteiger partial charge in [-0.2, -0.15) is 0 Å². The Morgan fingerprint density at radius 2 is 1.60 bits per heavy atom. The van der Waals surface area contributed by atoms with Gasteiger partial charge in [0.25, 0.3) is 0 Å². The van der Waals surface area contributed by atoms with Crippen LogP contribution in [0.4, 0.5) is 4.39 Å². The SMILES string of the molecule is BC(B)(C)F. The molecule has 0 aromatic rings. The molecule has 0 atom stereocenters. The summed E-state index contributed by atoms with van der Waals surface area (Å²) in [6.45, 7) is 1.52. The molecule has 0 aromatic carbocycles. The summed E-state index contributed by atoms with van der Waals surface area (Å²) in [4.78, 5) is 0. The van der Waals surface area contributed by atoms with Crippen LogP contribution in [0.1, 0.15) is 6.92 Å². The van der Waals surface area contributed by atoms with Gasteiger partial charge in [0.1, 0.15) is 15.7 Å². The van der Waals surface area contributed by atoms with Gasteiger partial charge in [0.05, 0.1) is 0 Å². The van der Waals surface area contributed by atoms with E-state index in [9.17, 15) is 4.39 Å². The predicted octanol–water partition coefficient (Wildman–Crippen LogP) is -1.10. The van der Waals surface area contributed by atoms with Crippen LogP contribution in [0.5, 0.6) is 0 Å². The van der Waals surface area contributed by atoms with Gasteiger partial charge in [0.2, 0.25) is 0 Å². The highest BCUT2D eigenvalue weighted by atomic mass is 19.1. The zero-order valence-corrected chi connectivity index (χ0v) is 3.88. The predicted molar refractivity (Wildman–Crippen MR) is 26.6 cm³/mol. The van der Waals surface area contributed by atoms with E-state index in [1.807, 2.05) is 0 Å². The average Bonchev–Trinajstić information content (AvgIpc) is 0.722. The number of halogens is 1. The Morgan fingerprint density at radius 1 is 1.60 bits per heavy atom. The third kappa shape index (κ3) is 4810. The molecule has 0 rings (SSSR count). The molecule has 0 spiro atoms. The first-order valence-corrected chi connectivity index (χ1v) is 1.69. The molecular weight excluding hydrogens is 64.6 g/mol. The van der Waals surface area contributed by atoms with Crippen LogP contribution in [0.2, 0.25) is 0 Å². The summed E-state index contributed by atoms with van der Waals surface area (Å²) in [5.74, 6) is 0. The molecule has 5 heavy (non-hydrogen) atoms. The second-order valence-corrected chi connectivity index (χ2v) is 2.07. The fourth-order valence-electron chi connectivity index (χ4n) is 0. The van der Waals surface area contributed by atoms with Crippen molar-refractivity contribution >= 4 is 15.7 Å². The van der Waals surface area contributed by atoms with Gasteiger partial charge < -0.3 is 0 Å². The molecule has 0 fully saturated rings. The van der Waals surface area contributed by atoms with Crippen LogP contribution in [0.15, 0.2) is 0 Å². The maximum atomic E-state index is 11.7. The summed E-state index contributed by atoms with van der Waals surface area (Å²) in [5, 5.41) is 0. The number of rotatable bonds is 0. The molecule has 0 amide bonds. The van der Waals surface area contributed by atoms with Crippen LogP contribution in [-0.4, -0.2) is 21.2 Å². The highest BCUT2D eigenvalue weighted by Crippen LogP contribution is 1.91. The lowest BCUT2D eigenvalue weighted by Crippen LogP contribution is -2.15. The Morgan fingerprint density at radius 3 is 1.60 bits per heavy atom. The summed E-state index contributed by atoms with van der Waals surface area (Å²) in [6.07, 6.45) is 0. The largest absolute Gasteiger partial charge is 0.264 e. The first-order valence-electron chi connectivity index (χ1n) is 1.69. The lowest BCUT2D eigenvalue weighted by Gasteiger charge is -1.99. The molecule has 0 aromatic heterocycles. The van der Waals surface area contributed by atoms with Crippen LogP contribution in [-0.2, 0) is 0 Å². The molecule has 0 saturated carbocycles. The van der Waals surface area contributed by atoms with Gasteiger partial charge in [-0.1, -0.05) is 0 Å². The molecule has 0 nitrogen and oxygen atoms in total. The minimum atomic E-state index is -1.00. The van der Waals surface area contributed by atoms with E-state index in [0.717, 1.165) is 0 Å². The third-order valence-electron chi connectivity index (χ3n) is 0. The van der Waals surface area contributed by atoms with Gasteiger partial charge in [-0.25, -0.2) is 0 Å². The van der Waals surface area contributed by atoms with E-state index < -0.39 is 5.47 Å². The number of alkyl halides is 1. The van der Waals surface area contributed by atoms with Gasteiger partial charge in [0.15, 0.2) is 0 Å². The number of hydrogen-bond donors (Lipinski definition) is 0. The molecule has 28 valence electrons. The lowest BCUT2D eigenvalue weighted by atomic mass is 9.69. The lowest BCUT2D eigenvalue weighted by molar-refractivity contribution is 0.422. The van der Waals surface area contributed by atoms with Gasteiger partial charge in [-0.15, -0.1) is 0 Å². The normalized spacial score (nSPS) is 11.6. The van der Waals surface area contributed by atoms with Crippen molar-refractivity contribution in [3.8, 4) is 0 Å². The average molecular weight is 71.7 g/mol. The Kier molecular flexibility index (Phi) is 1.05. The van der Waals surface area contributed by atoms with Gasteiger partial charge in [-0.05, 0) is 6.92 Å². The standard InChI is InChI=1S/C2H7B2F/c1-2(3,4)5/h3-4H2,1H3. The fraction of sp³-hybridized carbons (Fsp3) is 1.00. The second kappa shape index (κ2) is 1.04. The van der Waals surface area contributed by atoms with Crippen molar-refractivity contribution in [2.75, 3.05) is 0 Å². The molecule has 0 radical (unpaired) electrons. The van der Waals surface area contributed by atoms with Crippen molar-refractivity contribution in [2.24, 2.45) is 0 Å². The van der Waals surface area contributed by atoms with Crippen LogP contribution in [0.25, 0.3) is 0 Å². The van der Waals surface area contributed by atoms with Gasteiger partial charge in [-0.3, -0.25) is 4.39 Å². The molecule has 0 saturated heterocycles. The highest BCUT2D eigenvalue weighted by molar-refractivity contribution is 6.38. The summed E-state index contributed by atoms with van der Waals surface area (Å²) >= 11 is 0. The maximum Gasteiger partial charge on any atom is 0.138 e. The molecule has 0 heterocycles. The highest BCUT2D eigenvalue weighted by Gasteiger charge is 2.02. The van der Waals surface area contributed by atoms with E-state index in [4.69, 9.17) is 0 Å². The zero-order valence-electron chi connectivity index (χ0n) is 3.88. The third-order valence-corrected chi connectivity index (χ3v) is 0. The topological polar surface area (TPSA) is 0 Å². The van der Waals surface area contributed by atoms with Crippen molar-refractivity contribution in [3.05, 3.63) is 0 Å². The van der Waals surface area contributed by atoms with E-state index >= 15 is 0 Å². The van der Waals surface area contributed by atoms with Crippen LogP contribution < -0.4 is 0 Å². The van der Waals surface area contributed by atoms with Crippen LogP contribution in [0.3, 0.4) is 0 Å². The van der Waals surface area contributed by atoms with Crippen molar-refractivity contribution in [3.63, 3.8) is 0 Å². The Bertz CT molecular complexity index is 23.1. The Balaban J connectivity index is 3.02. The molecular formula is C2H7B2F. The minimum absolute atomic E-state index is 1.00. The van der Waals surface area contributed by atoms with Crippen LogP contribution in [0, 0.1) is 0 Å². The van der Waals surface area contributed by atoms with Crippen molar-refractivity contribution < 1.29 is 4.39 Å². The van der Waals surface area contributed by atoms with E-state index in [1.54, 1.807) is 0 Å². The molecule has 0 aliphatic carbocycles. The van der Waals surface area contributed by atoms with Gasteiger partial charge >= 0.3 is 0 Å². The fourth-order valence-corrected chi connectivity index (χ4v) is 0. The van der Waals surface area contributed by atoms with E-state index in [0.29, 0.717) is 0 Å². The first kappa shape index (κ1) is 5.06. The van der Waals surface area contributed by atoms with Crippen molar-refractivity contribution in [2.45, 2.75) is 12.4 Å². The smallest absolute Gasteiger partial charge is 0.138 e. The maximum absolute atomic E-state index is 11.7. The Labute approximate surface area is 33.6 Å². The van der Waals surface area contributed by atoms with E-state index in [-0.39, 0.29) is 0 Å². The van der Waals surface area contributed by atoms with E-state index in [1.165, 1.54) is 22.6 Å². The van der Waals surface area contributed by atoms with E-state index in [2.05, 4.69) is 0 Å². The quantitative estimate of drug-likeness (QED) is 0.318. The molecule has 0 N–H and O–H groups in total.